The van der Waals surface area contributed by atoms with Crippen molar-refractivity contribution in [3.8, 4) is 5.75 Å². The molecule has 0 atom stereocenters. The van der Waals surface area contributed by atoms with Gasteiger partial charge in [-0.05, 0) is 30.7 Å². The van der Waals surface area contributed by atoms with Crippen LogP contribution >= 0.6 is 0 Å². The van der Waals surface area contributed by atoms with E-state index in [0.717, 1.165) is 24.2 Å². The van der Waals surface area contributed by atoms with Gasteiger partial charge in [-0.3, -0.25) is 4.79 Å². The van der Waals surface area contributed by atoms with Crippen molar-refractivity contribution in [2.24, 2.45) is 0 Å². The number of fused-ring (bicyclic) bond motifs is 1. The molecule has 1 aromatic carbocycles. The van der Waals surface area contributed by atoms with E-state index < -0.39 is 0 Å². The molecule has 0 aliphatic carbocycles. The van der Waals surface area contributed by atoms with Gasteiger partial charge in [-0.25, -0.2) is 0 Å². The normalized spacial score (nSPS) is 13.6. The number of rotatable bonds is 4. The van der Waals surface area contributed by atoms with Crippen LogP contribution in [0.25, 0.3) is 0 Å². The molecule has 0 fully saturated rings. The molecule has 3 N–H and O–H groups in total. The van der Waals surface area contributed by atoms with Crippen molar-refractivity contribution < 1.29 is 9.53 Å². The first kappa shape index (κ1) is 12.7. The third-order valence-corrected chi connectivity index (χ3v) is 3.15. The fourth-order valence-corrected chi connectivity index (χ4v) is 2.19. The predicted molar refractivity (Wildman–Crippen MR) is 72.0 cm³/mol. The Hall–Kier alpha value is -1.75. The summed E-state index contributed by atoms with van der Waals surface area (Å²) in [7, 11) is 1.60. The number of nitrogens with zero attached hydrogens (tertiary/aromatic N) is 1. The maximum absolute atomic E-state index is 12.0. The van der Waals surface area contributed by atoms with E-state index in [4.69, 9.17) is 10.5 Å². The number of hydrogen-bond donors (Lipinski definition) is 2. The molecule has 18 heavy (non-hydrogen) atoms. The predicted octanol–water partition coefficient (Wildman–Crippen LogP) is 0.776. The average molecular weight is 249 g/mol. The highest BCUT2D eigenvalue weighted by molar-refractivity contribution is 5.97. The molecule has 0 spiro atoms. The second-order valence-electron chi connectivity index (χ2n) is 4.30. The SMILES string of the molecule is CCNCC(=O)N1CCc2cc(OC)c(N)cc21. The number of carbonyl (C=O) groups is 1. The Bertz CT molecular complexity index is 460. The maximum Gasteiger partial charge on any atom is 0.240 e. The Morgan fingerprint density at radius 3 is 3.00 bits per heavy atom. The van der Waals surface area contributed by atoms with E-state index in [1.165, 1.54) is 0 Å². The highest BCUT2D eigenvalue weighted by Crippen LogP contribution is 2.35. The Morgan fingerprint density at radius 2 is 2.33 bits per heavy atom. The number of nitrogen functional groups attached to an aromatic ring is 1. The number of nitrogens with one attached hydrogen (secondary N) is 1. The molecule has 0 saturated heterocycles. The molecular formula is C13H19N3O2. The van der Waals surface area contributed by atoms with E-state index in [1.807, 2.05) is 19.1 Å². The lowest BCUT2D eigenvalue weighted by molar-refractivity contribution is -0.117. The largest absolute Gasteiger partial charge is 0.495 e. The number of nitrogens with two attached hydrogens (primary N) is 1. The van der Waals surface area contributed by atoms with E-state index in [2.05, 4.69) is 5.32 Å². The summed E-state index contributed by atoms with van der Waals surface area (Å²) in [6.45, 7) is 3.85. The summed E-state index contributed by atoms with van der Waals surface area (Å²) in [6.07, 6.45) is 0.851. The van der Waals surface area contributed by atoms with Crippen LogP contribution in [-0.2, 0) is 11.2 Å². The van der Waals surface area contributed by atoms with E-state index in [1.54, 1.807) is 12.0 Å². The van der Waals surface area contributed by atoms with Crippen molar-refractivity contribution in [1.82, 2.24) is 5.32 Å². The summed E-state index contributed by atoms with van der Waals surface area (Å²) in [4.78, 5) is 13.8. The summed E-state index contributed by atoms with van der Waals surface area (Å²) in [5.41, 5.74) is 8.49. The van der Waals surface area contributed by atoms with Gasteiger partial charge in [0.25, 0.3) is 0 Å². The molecule has 1 heterocycles. The second-order valence-corrected chi connectivity index (χ2v) is 4.30. The van der Waals surface area contributed by atoms with Gasteiger partial charge in [0.2, 0.25) is 5.91 Å². The van der Waals surface area contributed by atoms with Gasteiger partial charge < -0.3 is 20.7 Å². The minimum absolute atomic E-state index is 0.0835. The molecular weight excluding hydrogens is 230 g/mol. The molecule has 1 aliphatic heterocycles. The van der Waals surface area contributed by atoms with Crippen LogP contribution in [0.1, 0.15) is 12.5 Å². The minimum atomic E-state index is 0.0835. The van der Waals surface area contributed by atoms with Crippen LogP contribution < -0.4 is 20.7 Å². The van der Waals surface area contributed by atoms with Crippen LogP contribution in [-0.4, -0.2) is 32.7 Å². The first-order chi connectivity index (χ1) is 8.67. The molecule has 5 heteroatoms. The van der Waals surface area contributed by atoms with Gasteiger partial charge in [0, 0.05) is 12.2 Å². The third kappa shape index (κ3) is 2.26. The maximum atomic E-state index is 12.0. The quantitative estimate of drug-likeness (QED) is 0.774. The highest BCUT2D eigenvalue weighted by atomic mass is 16.5. The molecule has 98 valence electrons. The Balaban J connectivity index is 2.22. The van der Waals surface area contributed by atoms with Crippen molar-refractivity contribution >= 4 is 17.3 Å². The van der Waals surface area contributed by atoms with Gasteiger partial charge in [-0.1, -0.05) is 6.92 Å². The smallest absolute Gasteiger partial charge is 0.240 e. The third-order valence-electron chi connectivity index (χ3n) is 3.15. The van der Waals surface area contributed by atoms with E-state index in [9.17, 15) is 4.79 Å². The zero-order valence-corrected chi connectivity index (χ0v) is 10.8. The van der Waals surface area contributed by atoms with E-state index in [-0.39, 0.29) is 5.91 Å². The fourth-order valence-electron chi connectivity index (χ4n) is 2.19. The molecule has 0 saturated carbocycles. The first-order valence-corrected chi connectivity index (χ1v) is 6.14. The van der Waals surface area contributed by atoms with Crippen molar-refractivity contribution in [2.75, 3.05) is 37.4 Å². The minimum Gasteiger partial charge on any atom is -0.495 e. The first-order valence-electron chi connectivity index (χ1n) is 6.14. The van der Waals surface area contributed by atoms with E-state index >= 15 is 0 Å². The number of likely N-dealkylation sites (N-methyl/N-ethyl adjacent to an activating group) is 1. The van der Waals surface area contributed by atoms with Crippen molar-refractivity contribution in [1.29, 1.82) is 0 Å². The lowest BCUT2D eigenvalue weighted by atomic mass is 10.1. The zero-order valence-electron chi connectivity index (χ0n) is 10.8. The average Bonchev–Trinajstić information content (AvgIpc) is 2.77. The fraction of sp³-hybridized carbons (Fsp3) is 0.462. The van der Waals surface area contributed by atoms with Gasteiger partial charge >= 0.3 is 0 Å². The van der Waals surface area contributed by atoms with E-state index in [0.29, 0.717) is 24.5 Å². The molecule has 0 radical (unpaired) electrons. The van der Waals surface area contributed by atoms with Crippen LogP contribution in [0.4, 0.5) is 11.4 Å². The van der Waals surface area contributed by atoms with Crippen LogP contribution in [0.3, 0.4) is 0 Å². The lowest BCUT2D eigenvalue weighted by Crippen LogP contribution is -2.37. The standard InChI is InChI=1S/C13H19N3O2/c1-3-15-8-13(17)16-5-4-9-6-12(18-2)10(14)7-11(9)16/h6-7,15H,3-5,8,14H2,1-2H3. The topological polar surface area (TPSA) is 67.6 Å². The van der Waals surface area contributed by atoms with Crippen LogP contribution in [0.5, 0.6) is 5.75 Å². The number of hydrogen-bond acceptors (Lipinski definition) is 4. The summed E-state index contributed by atoms with van der Waals surface area (Å²) in [6, 6.07) is 3.75. The van der Waals surface area contributed by atoms with Gasteiger partial charge in [-0.2, -0.15) is 0 Å². The Kier molecular flexibility index (Phi) is 3.72. The summed E-state index contributed by atoms with van der Waals surface area (Å²) in [5.74, 6) is 0.759. The second kappa shape index (κ2) is 5.27. The highest BCUT2D eigenvalue weighted by Gasteiger charge is 2.25. The van der Waals surface area contributed by atoms with Crippen LogP contribution in [0, 0.1) is 0 Å². The summed E-state index contributed by atoms with van der Waals surface area (Å²) < 4.78 is 5.19. The molecule has 5 nitrogen and oxygen atoms in total. The molecule has 2 rings (SSSR count). The van der Waals surface area contributed by atoms with Gasteiger partial charge in [0.1, 0.15) is 5.75 Å². The summed E-state index contributed by atoms with van der Waals surface area (Å²) in [5, 5.41) is 3.05. The van der Waals surface area contributed by atoms with Crippen molar-refractivity contribution in [3.63, 3.8) is 0 Å². The zero-order chi connectivity index (χ0) is 13.1. The number of amides is 1. The van der Waals surface area contributed by atoms with Gasteiger partial charge in [0.05, 0.1) is 19.3 Å². The number of carbonyl (C=O) groups excluding carboxylic acids is 1. The molecule has 0 unspecified atom stereocenters. The van der Waals surface area contributed by atoms with Gasteiger partial charge in [-0.15, -0.1) is 0 Å². The summed E-state index contributed by atoms with van der Waals surface area (Å²) >= 11 is 0. The van der Waals surface area contributed by atoms with Gasteiger partial charge in [0.15, 0.2) is 0 Å². The molecule has 0 bridgehead atoms. The van der Waals surface area contributed by atoms with Crippen LogP contribution in [0.15, 0.2) is 12.1 Å². The number of methoxy groups -OCH3 is 1. The number of anilines is 2. The number of benzene rings is 1. The lowest BCUT2D eigenvalue weighted by Gasteiger charge is -2.18. The van der Waals surface area contributed by atoms with Crippen molar-refractivity contribution in [3.05, 3.63) is 17.7 Å². The van der Waals surface area contributed by atoms with Crippen LogP contribution in [0.2, 0.25) is 0 Å². The number of ether oxygens (including phenoxy) is 1. The molecule has 1 amide bonds. The monoisotopic (exact) mass is 249 g/mol. The van der Waals surface area contributed by atoms with Crippen molar-refractivity contribution in [2.45, 2.75) is 13.3 Å². The molecule has 1 aliphatic rings. The molecule has 0 aromatic heterocycles. The molecule has 1 aromatic rings. The Labute approximate surface area is 107 Å². The Morgan fingerprint density at radius 1 is 1.56 bits per heavy atom.